The highest BCUT2D eigenvalue weighted by atomic mass is 16.6. The summed E-state index contributed by atoms with van der Waals surface area (Å²) in [6.45, 7) is 1.16. The number of nitrogens with zero attached hydrogens (tertiary/aromatic N) is 2. The van der Waals surface area contributed by atoms with Crippen LogP contribution < -0.4 is 4.90 Å². The van der Waals surface area contributed by atoms with Crippen LogP contribution in [0.3, 0.4) is 0 Å². The van der Waals surface area contributed by atoms with Crippen molar-refractivity contribution >= 4 is 17.3 Å². The van der Waals surface area contributed by atoms with Crippen LogP contribution in [0.4, 0.5) is 11.4 Å². The minimum absolute atomic E-state index is 0.0781. The van der Waals surface area contributed by atoms with Crippen molar-refractivity contribution in [2.75, 3.05) is 25.2 Å². The third kappa shape index (κ3) is 2.65. The summed E-state index contributed by atoms with van der Waals surface area (Å²) in [4.78, 5) is 23.1. The molecule has 0 radical (unpaired) electrons. The van der Waals surface area contributed by atoms with Crippen molar-refractivity contribution < 1.29 is 19.6 Å². The summed E-state index contributed by atoms with van der Waals surface area (Å²) in [5, 5.41) is 19.9. The fraction of sp³-hybridized carbons (Fsp3) is 0.417. The number of hydrogen-bond acceptors (Lipinski definition) is 5. The van der Waals surface area contributed by atoms with Crippen molar-refractivity contribution in [1.82, 2.24) is 0 Å². The van der Waals surface area contributed by atoms with E-state index in [0.29, 0.717) is 18.9 Å². The van der Waals surface area contributed by atoms with E-state index in [2.05, 4.69) is 0 Å². The van der Waals surface area contributed by atoms with E-state index in [0.717, 1.165) is 12.5 Å². The van der Waals surface area contributed by atoms with Crippen LogP contribution >= 0.6 is 0 Å². The number of rotatable bonds is 4. The molecule has 19 heavy (non-hydrogen) atoms. The predicted molar refractivity (Wildman–Crippen MR) is 67.7 cm³/mol. The second kappa shape index (κ2) is 5.23. The van der Waals surface area contributed by atoms with Gasteiger partial charge in [0.2, 0.25) is 0 Å². The molecule has 7 nitrogen and oxygen atoms in total. The first-order valence-corrected chi connectivity index (χ1v) is 5.83. The van der Waals surface area contributed by atoms with Crippen LogP contribution in [0, 0.1) is 10.1 Å². The van der Waals surface area contributed by atoms with Crippen LogP contribution in [-0.4, -0.2) is 42.3 Å². The Morgan fingerprint density at radius 2 is 2.32 bits per heavy atom. The van der Waals surface area contributed by atoms with E-state index in [1.165, 1.54) is 12.1 Å². The second-order valence-corrected chi connectivity index (χ2v) is 4.39. The van der Waals surface area contributed by atoms with Crippen molar-refractivity contribution in [3.8, 4) is 0 Å². The summed E-state index contributed by atoms with van der Waals surface area (Å²) in [7, 11) is 1.75. The number of benzene rings is 1. The van der Waals surface area contributed by atoms with E-state index in [1.54, 1.807) is 11.9 Å². The van der Waals surface area contributed by atoms with Crippen molar-refractivity contribution in [3.63, 3.8) is 0 Å². The van der Waals surface area contributed by atoms with E-state index < -0.39 is 10.9 Å². The Labute approximate surface area is 109 Å². The van der Waals surface area contributed by atoms with Gasteiger partial charge in [-0.15, -0.1) is 0 Å². The van der Waals surface area contributed by atoms with E-state index in [1.807, 2.05) is 0 Å². The number of nitro groups is 1. The Morgan fingerprint density at radius 3 is 2.84 bits per heavy atom. The van der Waals surface area contributed by atoms with Gasteiger partial charge in [-0.05, 0) is 18.6 Å². The predicted octanol–water partition coefficient (Wildman–Crippen LogP) is 1.52. The maximum atomic E-state index is 11.1. The zero-order chi connectivity index (χ0) is 14.0. The molecule has 0 aliphatic carbocycles. The molecule has 1 unspecified atom stereocenters. The first-order valence-electron chi connectivity index (χ1n) is 5.83. The van der Waals surface area contributed by atoms with Crippen LogP contribution in [0.25, 0.3) is 0 Å². The highest BCUT2D eigenvalue weighted by Gasteiger charge is 2.26. The SMILES string of the molecule is CN(c1ccc(C(=O)O)cc1[N+](=O)[O-])C1CCOC1. The van der Waals surface area contributed by atoms with Crippen LogP contribution in [0.5, 0.6) is 0 Å². The Balaban J connectivity index is 2.38. The summed E-state index contributed by atoms with van der Waals surface area (Å²) in [5.41, 5.74) is 0.117. The molecule has 102 valence electrons. The molecule has 1 aromatic carbocycles. The summed E-state index contributed by atoms with van der Waals surface area (Å²) in [6, 6.07) is 4.01. The molecule has 1 saturated heterocycles. The number of aromatic carboxylic acids is 1. The number of ether oxygens (including phenoxy) is 1. The third-order valence-corrected chi connectivity index (χ3v) is 3.25. The molecule has 0 amide bonds. The third-order valence-electron chi connectivity index (χ3n) is 3.25. The van der Waals surface area contributed by atoms with Crippen molar-refractivity contribution in [1.29, 1.82) is 0 Å². The molecule has 1 aromatic rings. The number of carboxylic acid groups (broad SMARTS) is 1. The Kier molecular flexibility index (Phi) is 3.66. The van der Waals surface area contributed by atoms with Gasteiger partial charge >= 0.3 is 5.97 Å². The van der Waals surface area contributed by atoms with E-state index in [9.17, 15) is 14.9 Å². The zero-order valence-corrected chi connectivity index (χ0v) is 10.4. The molecule has 1 aliphatic heterocycles. The van der Waals surface area contributed by atoms with Gasteiger partial charge < -0.3 is 14.7 Å². The topological polar surface area (TPSA) is 92.9 Å². The summed E-state index contributed by atoms with van der Waals surface area (Å²) in [6.07, 6.45) is 0.800. The van der Waals surface area contributed by atoms with Crippen molar-refractivity contribution in [2.24, 2.45) is 0 Å². The highest BCUT2D eigenvalue weighted by Crippen LogP contribution is 2.31. The van der Waals surface area contributed by atoms with Crippen LogP contribution in [-0.2, 0) is 4.74 Å². The molecular formula is C12H14N2O5. The summed E-state index contributed by atoms with van der Waals surface area (Å²) in [5.74, 6) is -1.18. The van der Waals surface area contributed by atoms with Crippen molar-refractivity contribution in [3.05, 3.63) is 33.9 Å². The number of hydrogen-bond donors (Lipinski definition) is 1. The Morgan fingerprint density at radius 1 is 1.58 bits per heavy atom. The van der Waals surface area contributed by atoms with Crippen molar-refractivity contribution in [2.45, 2.75) is 12.5 Å². The second-order valence-electron chi connectivity index (χ2n) is 4.39. The van der Waals surface area contributed by atoms with Gasteiger partial charge in [0.15, 0.2) is 0 Å². The van der Waals surface area contributed by atoms with Crippen LogP contribution in [0.1, 0.15) is 16.8 Å². The Hall–Kier alpha value is -2.15. The summed E-state index contributed by atoms with van der Waals surface area (Å²) < 4.78 is 5.26. The lowest BCUT2D eigenvalue weighted by atomic mass is 10.1. The van der Waals surface area contributed by atoms with Gasteiger partial charge in [-0.25, -0.2) is 4.79 Å². The molecule has 1 N–H and O–H groups in total. The largest absolute Gasteiger partial charge is 0.478 e. The molecule has 7 heteroatoms. The molecule has 0 bridgehead atoms. The van der Waals surface area contributed by atoms with Crippen LogP contribution in [0.2, 0.25) is 0 Å². The molecule has 0 spiro atoms. The number of likely N-dealkylation sites (N-methyl/N-ethyl adjacent to an activating group) is 1. The first kappa shape index (κ1) is 13.3. The zero-order valence-electron chi connectivity index (χ0n) is 10.4. The molecule has 0 aromatic heterocycles. The minimum atomic E-state index is -1.18. The number of nitro benzene ring substituents is 1. The fourth-order valence-electron chi connectivity index (χ4n) is 2.13. The molecule has 1 heterocycles. The molecule has 1 aliphatic rings. The smallest absolute Gasteiger partial charge is 0.335 e. The average Bonchev–Trinajstić information content (AvgIpc) is 2.90. The highest BCUT2D eigenvalue weighted by molar-refractivity contribution is 5.89. The standard InChI is InChI=1S/C12H14N2O5/c1-13(9-4-5-19-7-9)10-3-2-8(12(15)16)6-11(10)14(17)18/h2-3,6,9H,4-5,7H2,1H3,(H,15,16). The van der Waals surface area contributed by atoms with Gasteiger partial charge in [0.25, 0.3) is 5.69 Å². The lowest BCUT2D eigenvalue weighted by Crippen LogP contribution is -2.32. The average molecular weight is 266 g/mol. The maximum absolute atomic E-state index is 11.1. The molecular weight excluding hydrogens is 252 g/mol. The fourth-order valence-corrected chi connectivity index (χ4v) is 2.13. The van der Waals surface area contributed by atoms with Gasteiger partial charge in [-0.1, -0.05) is 0 Å². The Bertz CT molecular complexity index is 511. The first-order chi connectivity index (χ1) is 9.00. The molecule has 2 rings (SSSR count). The lowest BCUT2D eigenvalue weighted by molar-refractivity contribution is -0.384. The molecule has 0 saturated carbocycles. The van der Waals surface area contributed by atoms with E-state index >= 15 is 0 Å². The van der Waals surface area contributed by atoms with E-state index in [-0.39, 0.29) is 17.3 Å². The summed E-state index contributed by atoms with van der Waals surface area (Å²) >= 11 is 0. The van der Waals surface area contributed by atoms with Gasteiger partial charge in [0.05, 0.1) is 23.1 Å². The maximum Gasteiger partial charge on any atom is 0.335 e. The number of anilines is 1. The quantitative estimate of drug-likeness (QED) is 0.656. The van der Waals surface area contributed by atoms with Gasteiger partial charge in [0.1, 0.15) is 5.69 Å². The van der Waals surface area contributed by atoms with E-state index in [4.69, 9.17) is 9.84 Å². The van der Waals surface area contributed by atoms with Gasteiger partial charge in [0, 0.05) is 19.7 Å². The molecule has 1 fully saturated rings. The van der Waals surface area contributed by atoms with Gasteiger partial charge in [-0.3, -0.25) is 10.1 Å². The molecule has 1 atom stereocenters. The minimum Gasteiger partial charge on any atom is -0.478 e. The number of carboxylic acids is 1. The monoisotopic (exact) mass is 266 g/mol. The number of carbonyl (C=O) groups is 1. The normalized spacial score (nSPS) is 18.3. The van der Waals surface area contributed by atoms with Gasteiger partial charge in [-0.2, -0.15) is 0 Å². The lowest BCUT2D eigenvalue weighted by Gasteiger charge is -2.25. The van der Waals surface area contributed by atoms with Crippen LogP contribution in [0.15, 0.2) is 18.2 Å².